The normalized spacial score (nSPS) is 39.2. The molecule has 17 heavy (non-hydrogen) atoms. The number of aliphatic hydroxyl groups is 1. The second kappa shape index (κ2) is 6.72. The summed E-state index contributed by atoms with van der Waals surface area (Å²) < 4.78 is 0. The zero-order chi connectivity index (χ0) is 12.1. The van der Waals surface area contributed by atoms with Gasteiger partial charge in [0, 0.05) is 18.7 Å². The molecule has 0 aromatic heterocycles. The van der Waals surface area contributed by atoms with E-state index >= 15 is 0 Å². The van der Waals surface area contributed by atoms with Crippen LogP contribution in [0.25, 0.3) is 0 Å². The maximum absolute atomic E-state index is 9.39. The molecule has 0 saturated heterocycles. The molecule has 0 aliphatic heterocycles. The Hall–Kier alpha value is -0.120. The van der Waals surface area contributed by atoms with Gasteiger partial charge in [-0.25, -0.2) is 0 Å². The molecule has 0 radical (unpaired) electrons. The zero-order valence-corrected chi connectivity index (χ0v) is 10.9. The fourth-order valence-electron chi connectivity index (χ4n) is 3.43. The fourth-order valence-corrected chi connectivity index (χ4v) is 3.43. The second-order valence-electron chi connectivity index (χ2n) is 6.01. The molecule has 0 bridgehead atoms. The molecular formula is C14H28N2O. The van der Waals surface area contributed by atoms with Gasteiger partial charge in [0.2, 0.25) is 0 Å². The van der Waals surface area contributed by atoms with Gasteiger partial charge in [-0.3, -0.25) is 0 Å². The standard InChI is InChI=1S/C14H28N2O/c15-13-5-7-14(8-6-13)16-9-11-3-1-2-4-12(11)10-17/h11-14,16-17H,1-10,15H2. The van der Waals surface area contributed by atoms with Gasteiger partial charge in [0.1, 0.15) is 0 Å². The van der Waals surface area contributed by atoms with Crippen LogP contribution in [0.15, 0.2) is 0 Å². The number of nitrogens with one attached hydrogen (secondary N) is 1. The topological polar surface area (TPSA) is 58.3 Å². The Labute approximate surface area is 105 Å². The summed E-state index contributed by atoms with van der Waals surface area (Å²) in [5, 5.41) is 13.1. The molecule has 0 aromatic rings. The number of hydrogen-bond acceptors (Lipinski definition) is 3. The Morgan fingerprint density at radius 2 is 1.59 bits per heavy atom. The third-order valence-corrected chi connectivity index (χ3v) is 4.74. The molecule has 3 heteroatoms. The Bertz CT molecular complexity index is 214. The Kier molecular flexibility index (Phi) is 5.26. The van der Waals surface area contributed by atoms with E-state index in [2.05, 4.69) is 5.32 Å². The van der Waals surface area contributed by atoms with Gasteiger partial charge in [-0.2, -0.15) is 0 Å². The van der Waals surface area contributed by atoms with Crippen LogP contribution in [0, 0.1) is 11.8 Å². The second-order valence-corrected chi connectivity index (χ2v) is 6.01. The predicted octanol–water partition coefficient (Wildman–Crippen LogP) is 1.64. The van der Waals surface area contributed by atoms with Gasteiger partial charge in [0.05, 0.1) is 0 Å². The van der Waals surface area contributed by atoms with Crippen molar-refractivity contribution in [3.63, 3.8) is 0 Å². The minimum absolute atomic E-state index is 0.377. The van der Waals surface area contributed by atoms with E-state index in [1.165, 1.54) is 51.4 Å². The van der Waals surface area contributed by atoms with Crippen LogP contribution in [0.5, 0.6) is 0 Å². The molecule has 2 fully saturated rings. The van der Waals surface area contributed by atoms with Gasteiger partial charge in [-0.1, -0.05) is 12.8 Å². The van der Waals surface area contributed by atoms with Crippen LogP contribution in [-0.2, 0) is 0 Å². The van der Waals surface area contributed by atoms with Crippen molar-refractivity contribution in [2.24, 2.45) is 17.6 Å². The van der Waals surface area contributed by atoms with Crippen molar-refractivity contribution < 1.29 is 5.11 Å². The van der Waals surface area contributed by atoms with Crippen molar-refractivity contribution in [1.29, 1.82) is 0 Å². The number of rotatable bonds is 4. The van der Waals surface area contributed by atoms with Gasteiger partial charge < -0.3 is 16.2 Å². The molecule has 0 aromatic carbocycles. The molecule has 0 spiro atoms. The van der Waals surface area contributed by atoms with Crippen LogP contribution >= 0.6 is 0 Å². The van der Waals surface area contributed by atoms with Gasteiger partial charge in [-0.15, -0.1) is 0 Å². The molecule has 100 valence electrons. The van der Waals surface area contributed by atoms with Gasteiger partial charge in [-0.05, 0) is 56.9 Å². The van der Waals surface area contributed by atoms with Crippen LogP contribution in [-0.4, -0.2) is 30.3 Å². The first-order chi connectivity index (χ1) is 8.29. The lowest BCUT2D eigenvalue weighted by Gasteiger charge is -2.33. The van der Waals surface area contributed by atoms with Crippen LogP contribution < -0.4 is 11.1 Å². The van der Waals surface area contributed by atoms with Crippen LogP contribution in [0.1, 0.15) is 51.4 Å². The molecule has 2 aliphatic rings. The van der Waals surface area contributed by atoms with Crippen molar-refractivity contribution in [2.45, 2.75) is 63.5 Å². The van der Waals surface area contributed by atoms with E-state index in [9.17, 15) is 5.11 Å². The molecule has 0 heterocycles. The third kappa shape index (κ3) is 3.94. The van der Waals surface area contributed by atoms with E-state index in [1.807, 2.05) is 0 Å². The largest absolute Gasteiger partial charge is 0.396 e. The Morgan fingerprint density at radius 3 is 2.24 bits per heavy atom. The highest BCUT2D eigenvalue weighted by atomic mass is 16.3. The number of aliphatic hydroxyl groups excluding tert-OH is 1. The highest BCUT2D eigenvalue weighted by molar-refractivity contribution is 4.82. The van der Waals surface area contributed by atoms with E-state index in [0.29, 0.717) is 30.5 Å². The molecule has 2 unspecified atom stereocenters. The Balaban J connectivity index is 1.69. The van der Waals surface area contributed by atoms with E-state index in [1.54, 1.807) is 0 Å². The van der Waals surface area contributed by atoms with E-state index in [4.69, 9.17) is 5.73 Å². The summed E-state index contributed by atoms with van der Waals surface area (Å²) >= 11 is 0. The SMILES string of the molecule is NC1CCC(NCC2CCCCC2CO)CC1. The molecule has 3 nitrogen and oxygen atoms in total. The third-order valence-electron chi connectivity index (χ3n) is 4.74. The quantitative estimate of drug-likeness (QED) is 0.700. The smallest absolute Gasteiger partial charge is 0.0462 e. The highest BCUT2D eigenvalue weighted by Gasteiger charge is 2.25. The van der Waals surface area contributed by atoms with Gasteiger partial charge >= 0.3 is 0 Å². The predicted molar refractivity (Wildman–Crippen MR) is 70.8 cm³/mol. The molecule has 4 N–H and O–H groups in total. The molecular weight excluding hydrogens is 212 g/mol. The van der Waals surface area contributed by atoms with Gasteiger partial charge in [0.15, 0.2) is 0 Å². The van der Waals surface area contributed by atoms with Crippen molar-refractivity contribution >= 4 is 0 Å². The zero-order valence-electron chi connectivity index (χ0n) is 10.9. The lowest BCUT2D eigenvalue weighted by atomic mass is 9.79. The van der Waals surface area contributed by atoms with E-state index < -0.39 is 0 Å². The number of hydrogen-bond donors (Lipinski definition) is 3. The molecule has 2 aliphatic carbocycles. The first-order valence-electron chi connectivity index (χ1n) is 7.39. The lowest BCUT2D eigenvalue weighted by Crippen LogP contribution is -2.41. The fraction of sp³-hybridized carbons (Fsp3) is 1.00. The van der Waals surface area contributed by atoms with Crippen LogP contribution in [0.4, 0.5) is 0 Å². The minimum atomic E-state index is 0.377. The van der Waals surface area contributed by atoms with Crippen molar-refractivity contribution in [1.82, 2.24) is 5.32 Å². The summed E-state index contributed by atoms with van der Waals surface area (Å²) in [5.74, 6) is 1.24. The van der Waals surface area contributed by atoms with E-state index in [-0.39, 0.29) is 0 Å². The lowest BCUT2D eigenvalue weighted by molar-refractivity contribution is 0.129. The van der Waals surface area contributed by atoms with Crippen molar-refractivity contribution in [2.75, 3.05) is 13.2 Å². The summed E-state index contributed by atoms with van der Waals surface area (Å²) in [7, 11) is 0. The summed E-state index contributed by atoms with van der Waals surface area (Å²) in [5.41, 5.74) is 5.92. The minimum Gasteiger partial charge on any atom is -0.396 e. The molecule has 2 saturated carbocycles. The van der Waals surface area contributed by atoms with Crippen molar-refractivity contribution in [3.05, 3.63) is 0 Å². The average Bonchev–Trinajstić information content (AvgIpc) is 2.38. The monoisotopic (exact) mass is 240 g/mol. The summed E-state index contributed by atoms with van der Waals surface area (Å²) in [4.78, 5) is 0. The summed E-state index contributed by atoms with van der Waals surface area (Å²) in [6, 6.07) is 1.11. The summed E-state index contributed by atoms with van der Waals surface area (Å²) in [6.45, 7) is 1.48. The Morgan fingerprint density at radius 1 is 0.941 bits per heavy atom. The maximum Gasteiger partial charge on any atom is 0.0462 e. The molecule has 2 rings (SSSR count). The van der Waals surface area contributed by atoms with Crippen LogP contribution in [0.3, 0.4) is 0 Å². The van der Waals surface area contributed by atoms with Crippen molar-refractivity contribution in [3.8, 4) is 0 Å². The first-order valence-corrected chi connectivity index (χ1v) is 7.39. The maximum atomic E-state index is 9.39. The van der Waals surface area contributed by atoms with Gasteiger partial charge in [0.25, 0.3) is 0 Å². The summed E-state index contributed by atoms with van der Waals surface area (Å²) in [6.07, 6.45) is 9.98. The average molecular weight is 240 g/mol. The molecule has 0 amide bonds. The van der Waals surface area contributed by atoms with E-state index in [0.717, 1.165) is 6.54 Å². The number of nitrogens with two attached hydrogens (primary N) is 1. The first kappa shape index (κ1) is 13.3. The molecule has 2 atom stereocenters. The highest BCUT2D eigenvalue weighted by Crippen LogP contribution is 2.29. The van der Waals surface area contributed by atoms with Crippen LogP contribution in [0.2, 0.25) is 0 Å².